The predicted molar refractivity (Wildman–Crippen MR) is 101 cm³/mol. The average molecular weight is 357 g/mol. The molecule has 8 nitrogen and oxygen atoms in total. The molecule has 4 heterocycles. The minimum Gasteiger partial charge on any atom is -0.318 e. The van der Waals surface area contributed by atoms with Crippen LogP contribution in [-0.4, -0.2) is 35.3 Å². The van der Waals surface area contributed by atoms with E-state index in [4.69, 9.17) is 0 Å². The second-order valence-corrected chi connectivity index (χ2v) is 6.20. The third-order valence-electron chi connectivity index (χ3n) is 4.31. The van der Waals surface area contributed by atoms with Crippen molar-refractivity contribution in [1.29, 1.82) is 0 Å². The maximum atomic E-state index is 12.5. The van der Waals surface area contributed by atoms with E-state index in [0.29, 0.717) is 17.9 Å². The van der Waals surface area contributed by atoms with Crippen LogP contribution in [0.3, 0.4) is 0 Å². The predicted octanol–water partition coefficient (Wildman–Crippen LogP) is 2.71. The highest BCUT2D eigenvalue weighted by Crippen LogP contribution is 2.17. The summed E-state index contributed by atoms with van der Waals surface area (Å²) in [7, 11) is 0. The number of fused-ring (bicyclic) bond motifs is 2. The average Bonchev–Trinajstić information content (AvgIpc) is 3.39. The maximum Gasteiger partial charge on any atom is 0.276 e. The molecular formula is C19H15N7O. The molecule has 0 saturated heterocycles. The van der Waals surface area contributed by atoms with Crippen molar-refractivity contribution in [1.82, 2.24) is 29.4 Å². The lowest BCUT2D eigenvalue weighted by molar-refractivity contribution is 0.102. The number of hydrogen-bond donors (Lipinski definition) is 2. The molecule has 5 aromatic rings. The zero-order valence-corrected chi connectivity index (χ0v) is 14.2. The molecule has 27 heavy (non-hydrogen) atoms. The van der Waals surface area contributed by atoms with Gasteiger partial charge in [-0.05, 0) is 18.2 Å². The topological polar surface area (TPSA) is 92.9 Å². The minimum absolute atomic E-state index is 0.278. The number of pyridine rings is 1. The SMILES string of the molecule is O=C(Nc1cnn(Cc2cn3ccccc3n2)c1)c1n[nH]c2ccccc12. The number of benzene rings is 1. The lowest BCUT2D eigenvalue weighted by atomic mass is 10.2. The number of amides is 1. The molecule has 0 spiro atoms. The quantitative estimate of drug-likeness (QED) is 0.517. The van der Waals surface area contributed by atoms with Gasteiger partial charge in [0.05, 0.1) is 29.6 Å². The van der Waals surface area contributed by atoms with E-state index in [0.717, 1.165) is 22.2 Å². The molecule has 132 valence electrons. The maximum absolute atomic E-state index is 12.5. The van der Waals surface area contributed by atoms with Crippen molar-refractivity contribution in [3.05, 3.63) is 78.6 Å². The number of aromatic amines is 1. The van der Waals surface area contributed by atoms with Crippen molar-refractivity contribution in [3.63, 3.8) is 0 Å². The first-order valence-electron chi connectivity index (χ1n) is 8.46. The number of anilines is 1. The summed E-state index contributed by atoms with van der Waals surface area (Å²) in [4.78, 5) is 17.1. The normalized spacial score (nSPS) is 11.3. The Labute approximate surface area is 153 Å². The lowest BCUT2D eigenvalue weighted by Crippen LogP contribution is -2.12. The molecule has 1 aromatic carbocycles. The molecule has 5 rings (SSSR count). The largest absolute Gasteiger partial charge is 0.318 e. The zero-order chi connectivity index (χ0) is 18.2. The molecule has 0 aliphatic carbocycles. The number of para-hydroxylation sites is 1. The fourth-order valence-electron chi connectivity index (χ4n) is 3.07. The number of nitrogens with one attached hydrogen (secondary N) is 2. The molecule has 2 N–H and O–H groups in total. The zero-order valence-electron chi connectivity index (χ0n) is 14.2. The number of nitrogens with zero attached hydrogens (tertiary/aromatic N) is 5. The van der Waals surface area contributed by atoms with Crippen molar-refractivity contribution in [2.45, 2.75) is 6.54 Å². The molecule has 0 aliphatic heterocycles. The highest BCUT2D eigenvalue weighted by atomic mass is 16.2. The highest BCUT2D eigenvalue weighted by molar-refractivity contribution is 6.10. The smallest absolute Gasteiger partial charge is 0.276 e. The summed E-state index contributed by atoms with van der Waals surface area (Å²) in [6.07, 6.45) is 7.30. The van der Waals surface area contributed by atoms with Gasteiger partial charge < -0.3 is 9.72 Å². The minimum atomic E-state index is -0.278. The second-order valence-electron chi connectivity index (χ2n) is 6.20. The molecule has 0 aliphatic rings. The number of imidazole rings is 1. The van der Waals surface area contributed by atoms with Crippen LogP contribution in [0.2, 0.25) is 0 Å². The molecular weight excluding hydrogens is 342 g/mol. The third-order valence-corrected chi connectivity index (χ3v) is 4.31. The summed E-state index contributed by atoms with van der Waals surface area (Å²) in [5, 5.41) is 14.9. The fourth-order valence-corrected chi connectivity index (χ4v) is 3.07. The summed E-state index contributed by atoms with van der Waals surface area (Å²) < 4.78 is 3.70. The Kier molecular flexibility index (Phi) is 3.46. The summed E-state index contributed by atoms with van der Waals surface area (Å²) in [6.45, 7) is 0.517. The van der Waals surface area contributed by atoms with Crippen LogP contribution in [0.1, 0.15) is 16.2 Å². The number of H-pyrrole nitrogens is 1. The lowest BCUT2D eigenvalue weighted by Gasteiger charge is -2.00. The van der Waals surface area contributed by atoms with Gasteiger partial charge in [-0.2, -0.15) is 10.2 Å². The van der Waals surface area contributed by atoms with Gasteiger partial charge in [0, 0.05) is 24.0 Å². The molecule has 0 radical (unpaired) electrons. The van der Waals surface area contributed by atoms with Crippen LogP contribution in [0.5, 0.6) is 0 Å². The van der Waals surface area contributed by atoms with Crippen LogP contribution in [0, 0.1) is 0 Å². The Balaban J connectivity index is 1.33. The van der Waals surface area contributed by atoms with E-state index in [2.05, 4.69) is 25.6 Å². The molecule has 4 aromatic heterocycles. The number of carbonyl (C=O) groups is 1. The van der Waals surface area contributed by atoms with Crippen LogP contribution in [0.15, 0.2) is 67.3 Å². The van der Waals surface area contributed by atoms with Gasteiger partial charge in [-0.3, -0.25) is 14.6 Å². The molecule has 0 atom stereocenters. The van der Waals surface area contributed by atoms with Gasteiger partial charge in [0.15, 0.2) is 5.69 Å². The number of aromatic nitrogens is 6. The van der Waals surface area contributed by atoms with E-state index in [1.165, 1.54) is 0 Å². The van der Waals surface area contributed by atoms with Gasteiger partial charge in [-0.15, -0.1) is 0 Å². The van der Waals surface area contributed by atoms with Crippen LogP contribution in [0.25, 0.3) is 16.6 Å². The third kappa shape index (κ3) is 2.82. The Morgan fingerprint density at radius 2 is 2.00 bits per heavy atom. The Hall–Kier alpha value is -3.94. The number of rotatable bonds is 4. The molecule has 0 bridgehead atoms. The number of hydrogen-bond acceptors (Lipinski definition) is 4. The van der Waals surface area contributed by atoms with Gasteiger partial charge in [0.25, 0.3) is 5.91 Å². The van der Waals surface area contributed by atoms with E-state index >= 15 is 0 Å². The second kappa shape index (κ2) is 6.10. The highest BCUT2D eigenvalue weighted by Gasteiger charge is 2.14. The Bertz CT molecular complexity index is 1230. The first-order valence-corrected chi connectivity index (χ1v) is 8.46. The van der Waals surface area contributed by atoms with Crippen molar-refractivity contribution in [3.8, 4) is 0 Å². The van der Waals surface area contributed by atoms with Gasteiger partial charge in [0.2, 0.25) is 0 Å². The summed E-state index contributed by atoms with van der Waals surface area (Å²) in [5.74, 6) is -0.278. The van der Waals surface area contributed by atoms with Crippen LogP contribution < -0.4 is 5.32 Å². The first-order chi connectivity index (χ1) is 13.3. The Morgan fingerprint density at radius 1 is 1.11 bits per heavy atom. The van der Waals surface area contributed by atoms with Crippen molar-refractivity contribution in [2.75, 3.05) is 5.32 Å². The van der Waals surface area contributed by atoms with Crippen molar-refractivity contribution >= 4 is 28.1 Å². The molecule has 0 unspecified atom stereocenters. The molecule has 0 fully saturated rings. The summed E-state index contributed by atoms with van der Waals surface area (Å²) in [5.41, 5.74) is 3.57. The van der Waals surface area contributed by atoms with E-state index in [9.17, 15) is 4.79 Å². The van der Waals surface area contributed by atoms with Gasteiger partial charge in [-0.1, -0.05) is 24.3 Å². The Morgan fingerprint density at radius 3 is 2.93 bits per heavy atom. The molecule has 0 saturated carbocycles. The fraction of sp³-hybridized carbons (Fsp3) is 0.0526. The standard InChI is InChI=1S/C19H15N7O/c27-19(18-15-5-1-2-6-16(15)23-24-18)22-13-9-20-26(11-13)12-14-10-25-8-4-3-7-17(25)21-14/h1-11H,12H2,(H,22,27)(H,23,24). The van der Waals surface area contributed by atoms with E-state index in [1.807, 2.05) is 59.3 Å². The summed E-state index contributed by atoms with van der Waals surface area (Å²) in [6, 6.07) is 13.4. The molecule has 1 amide bonds. The van der Waals surface area contributed by atoms with Crippen LogP contribution >= 0.6 is 0 Å². The number of carbonyl (C=O) groups excluding carboxylic acids is 1. The first kappa shape index (κ1) is 15.3. The van der Waals surface area contributed by atoms with E-state index in [-0.39, 0.29) is 5.91 Å². The van der Waals surface area contributed by atoms with Gasteiger partial charge in [0.1, 0.15) is 5.65 Å². The van der Waals surface area contributed by atoms with Crippen molar-refractivity contribution in [2.24, 2.45) is 0 Å². The monoisotopic (exact) mass is 357 g/mol. The van der Waals surface area contributed by atoms with Crippen LogP contribution in [0.4, 0.5) is 5.69 Å². The van der Waals surface area contributed by atoms with Gasteiger partial charge >= 0.3 is 0 Å². The van der Waals surface area contributed by atoms with E-state index in [1.54, 1.807) is 17.1 Å². The van der Waals surface area contributed by atoms with Gasteiger partial charge in [-0.25, -0.2) is 4.98 Å². The van der Waals surface area contributed by atoms with Crippen molar-refractivity contribution < 1.29 is 4.79 Å². The molecule has 8 heteroatoms. The van der Waals surface area contributed by atoms with Crippen LogP contribution in [-0.2, 0) is 6.54 Å². The summed E-state index contributed by atoms with van der Waals surface area (Å²) >= 11 is 0. The van der Waals surface area contributed by atoms with E-state index < -0.39 is 0 Å².